The fourth-order valence-corrected chi connectivity index (χ4v) is 3.08. The Kier molecular flexibility index (Phi) is 6.54. The van der Waals surface area contributed by atoms with Crippen LogP contribution in [0.5, 0.6) is 0 Å². The predicted octanol–water partition coefficient (Wildman–Crippen LogP) is 5.66. The summed E-state index contributed by atoms with van der Waals surface area (Å²) in [5.41, 5.74) is 3.38. The van der Waals surface area contributed by atoms with Crippen molar-refractivity contribution in [2.24, 2.45) is 0 Å². The first-order valence-corrected chi connectivity index (χ1v) is 8.97. The largest absolute Gasteiger partial charge is 0.268 e. The lowest BCUT2D eigenvalue weighted by Gasteiger charge is -2.37. The molecular weight excluding hydrogens is 393 g/mol. The van der Waals surface area contributed by atoms with Crippen molar-refractivity contribution in [3.8, 4) is 6.07 Å². The third kappa shape index (κ3) is 5.12. The molecule has 1 atom stereocenters. The zero-order chi connectivity index (χ0) is 19.5. The molecule has 1 amide bonds. The number of rotatable bonds is 4. The molecule has 0 bridgehead atoms. The quantitative estimate of drug-likeness (QED) is 0.662. The van der Waals surface area contributed by atoms with Gasteiger partial charge < -0.3 is 0 Å². The normalized spacial score (nSPS) is 12.3. The second-order valence-electron chi connectivity index (χ2n) is 6.72. The number of benzene rings is 2. The predicted molar refractivity (Wildman–Crippen MR) is 105 cm³/mol. The van der Waals surface area contributed by atoms with Crippen LogP contribution in [0.15, 0.2) is 42.5 Å². The molecule has 2 aromatic carbocycles. The maximum absolute atomic E-state index is 13.1. The van der Waals surface area contributed by atoms with E-state index in [1.54, 1.807) is 30.3 Å². The van der Waals surface area contributed by atoms with E-state index in [9.17, 15) is 10.1 Å². The van der Waals surface area contributed by atoms with Crippen LogP contribution < -0.4 is 5.43 Å². The van der Waals surface area contributed by atoms with Gasteiger partial charge in [0.15, 0.2) is 0 Å². The summed E-state index contributed by atoms with van der Waals surface area (Å²) in [5.74, 6) is -0.343. The van der Waals surface area contributed by atoms with E-state index in [0.29, 0.717) is 26.2 Å². The monoisotopic (exact) mass is 409 g/mol. The number of carbonyl (C=O) groups excluding carboxylic acids is 1. The van der Waals surface area contributed by atoms with E-state index in [0.717, 1.165) is 0 Å². The molecule has 0 saturated carbocycles. The Bertz CT molecular complexity index is 836. The zero-order valence-electron chi connectivity index (χ0n) is 14.6. The van der Waals surface area contributed by atoms with Crippen molar-refractivity contribution < 1.29 is 4.79 Å². The molecule has 0 heterocycles. The Morgan fingerprint density at radius 2 is 1.69 bits per heavy atom. The molecule has 0 aromatic heterocycles. The van der Waals surface area contributed by atoms with Gasteiger partial charge in [0.1, 0.15) is 6.04 Å². The van der Waals surface area contributed by atoms with E-state index in [2.05, 4.69) is 11.5 Å². The van der Waals surface area contributed by atoms with Crippen LogP contribution in [0.25, 0.3) is 0 Å². The lowest BCUT2D eigenvalue weighted by molar-refractivity contribution is 0.0365. The minimum Gasteiger partial charge on any atom is -0.268 e. The van der Waals surface area contributed by atoms with Gasteiger partial charge in [0.05, 0.1) is 11.6 Å². The van der Waals surface area contributed by atoms with Gasteiger partial charge in [-0.3, -0.25) is 9.80 Å². The van der Waals surface area contributed by atoms with Gasteiger partial charge >= 0.3 is 0 Å². The second kappa shape index (κ2) is 8.28. The molecular formula is C19H18Cl3N3O. The minimum absolute atomic E-state index is 0.327. The van der Waals surface area contributed by atoms with Crippen LogP contribution in [0.2, 0.25) is 15.1 Å². The SMILES string of the molecule is CC(C)(C)N(NC(C#N)c1cccc(Cl)c1)C(=O)c1cc(Cl)cc(Cl)c1. The van der Waals surface area contributed by atoms with Crippen molar-refractivity contribution in [3.05, 3.63) is 68.7 Å². The minimum atomic E-state index is -0.758. The number of halogens is 3. The lowest BCUT2D eigenvalue weighted by Crippen LogP contribution is -2.54. The van der Waals surface area contributed by atoms with E-state index >= 15 is 0 Å². The standard InChI is InChI=1S/C19H18Cl3N3O/c1-19(2,3)25(18(26)13-8-15(21)10-16(22)9-13)24-17(11-23)12-5-4-6-14(20)7-12/h4-10,17,24H,1-3H3. The van der Waals surface area contributed by atoms with E-state index in [1.807, 2.05) is 20.8 Å². The number of nitriles is 1. The van der Waals surface area contributed by atoms with Crippen LogP contribution >= 0.6 is 34.8 Å². The summed E-state index contributed by atoms with van der Waals surface area (Å²) in [5, 5.41) is 12.2. The third-order valence-corrected chi connectivity index (χ3v) is 4.22. The summed E-state index contributed by atoms with van der Waals surface area (Å²) in [4.78, 5) is 13.1. The van der Waals surface area contributed by atoms with Gasteiger partial charge in [-0.05, 0) is 56.7 Å². The smallest absolute Gasteiger partial charge is 0.268 e. The lowest BCUT2D eigenvalue weighted by atomic mass is 10.0. The molecule has 4 nitrogen and oxygen atoms in total. The first kappa shape index (κ1) is 20.5. The maximum Gasteiger partial charge on any atom is 0.268 e. The molecule has 7 heteroatoms. The van der Waals surface area contributed by atoms with Crippen LogP contribution in [0.1, 0.15) is 42.7 Å². The number of hydrazine groups is 1. The average molecular weight is 411 g/mol. The van der Waals surface area contributed by atoms with Gasteiger partial charge in [-0.25, -0.2) is 5.43 Å². The molecule has 0 aliphatic carbocycles. The number of carbonyl (C=O) groups is 1. The van der Waals surface area contributed by atoms with E-state index in [4.69, 9.17) is 34.8 Å². The van der Waals surface area contributed by atoms with Crippen LogP contribution in [-0.2, 0) is 0 Å². The number of amides is 1. The number of hydrogen-bond donors (Lipinski definition) is 1. The van der Waals surface area contributed by atoms with Crippen molar-refractivity contribution in [1.29, 1.82) is 5.26 Å². The summed E-state index contributed by atoms with van der Waals surface area (Å²) < 4.78 is 0. The Hall–Kier alpha value is -1.77. The molecule has 1 unspecified atom stereocenters. The highest BCUT2D eigenvalue weighted by Crippen LogP contribution is 2.24. The third-order valence-electron chi connectivity index (χ3n) is 3.55. The molecule has 136 valence electrons. The number of hydrogen-bond acceptors (Lipinski definition) is 3. The molecule has 0 radical (unpaired) electrons. The molecule has 0 fully saturated rings. The van der Waals surface area contributed by atoms with Gasteiger partial charge in [-0.15, -0.1) is 0 Å². The first-order chi connectivity index (χ1) is 12.1. The molecule has 0 saturated heterocycles. The second-order valence-corrected chi connectivity index (χ2v) is 8.03. The Morgan fingerprint density at radius 1 is 1.08 bits per heavy atom. The number of nitrogens with zero attached hydrogens (tertiary/aromatic N) is 2. The highest BCUT2D eigenvalue weighted by Gasteiger charge is 2.30. The number of nitrogens with one attached hydrogen (secondary N) is 1. The Balaban J connectivity index is 2.38. The van der Waals surface area contributed by atoms with Crippen LogP contribution in [0.4, 0.5) is 0 Å². The molecule has 0 aliphatic heterocycles. The topological polar surface area (TPSA) is 56.1 Å². The van der Waals surface area contributed by atoms with Crippen molar-refractivity contribution in [2.75, 3.05) is 0 Å². The maximum atomic E-state index is 13.1. The molecule has 0 aliphatic rings. The Labute approximate surface area is 168 Å². The van der Waals surface area contributed by atoms with E-state index in [1.165, 1.54) is 17.1 Å². The van der Waals surface area contributed by atoms with Crippen LogP contribution in [-0.4, -0.2) is 16.5 Å². The summed E-state index contributed by atoms with van der Waals surface area (Å²) in [6.45, 7) is 5.57. The fourth-order valence-electron chi connectivity index (χ4n) is 2.36. The first-order valence-electron chi connectivity index (χ1n) is 7.83. The van der Waals surface area contributed by atoms with Crippen molar-refractivity contribution in [3.63, 3.8) is 0 Å². The summed E-state index contributed by atoms with van der Waals surface area (Å²) in [7, 11) is 0. The summed E-state index contributed by atoms with van der Waals surface area (Å²) in [6, 6.07) is 13.0. The van der Waals surface area contributed by atoms with E-state index in [-0.39, 0.29) is 5.91 Å². The highest BCUT2D eigenvalue weighted by molar-refractivity contribution is 6.35. The van der Waals surface area contributed by atoms with Gasteiger partial charge in [-0.1, -0.05) is 46.9 Å². The molecule has 2 rings (SSSR count). The van der Waals surface area contributed by atoms with Crippen LogP contribution in [0, 0.1) is 11.3 Å². The van der Waals surface area contributed by atoms with Crippen LogP contribution in [0.3, 0.4) is 0 Å². The van der Waals surface area contributed by atoms with E-state index < -0.39 is 11.6 Å². The van der Waals surface area contributed by atoms with Gasteiger partial charge in [0.2, 0.25) is 0 Å². The molecule has 26 heavy (non-hydrogen) atoms. The highest BCUT2D eigenvalue weighted by atomic mass is 35.5. The Morgan fingerprint density at radius 3 is 2.19 bits per heavy atom. The molecule has 1 N–H and O–H groups in total. The fraction of sp³-hybridized carbons (Fsp3) is 0.263. The molecule has 2 aromatic rings. The van der Waals surface area contributed by atoms with Gasteiger partial charge in [0.25, 0.3) is 5.91 Å². The van der Waals surface area contributed by atoms with Crippen molar-refractivity contribution in [2.45, 2.75) is 32.4 Å². The molecule has 0 spiro atoms. The average Bonchev–Trinajstić information content (AvgIpc) is 2.53. The van der Waals surface area contributed by atoms with Gasteiger partial charge in [0, 0.05) is 20.6 Å². The van der Waals surface area contributed by atoms with Gasteiger partial charge in [-0.2, -0.15) is 5.26 Å². The zero-order valence-corrected chi connectivity index (χ0v) is 16.8. The van der Waals surface area contributed by atoms with Crippen molar-refractivity contribution in [1.82, 2.24) is 10.4 Å². The van der Waals surface area contributed by atoms with Crippen molar-refractivity contribution >= 4 is 40.7 Å². The summed E-state index contributed by atoms with van der Waals surface area (Å²) >= 11 is 18.1. The summed E-state index contributed by atoms with van der Waals surface area (Å²) in [6.07, 6.45) is 0.